The SMILES string of the molecule is COc1ccccc1C(=O)NCC1CCOc2ccccc21. The van der Waals surface area contributed by atoms with Gasteiger partial charge in [0.25, 0.3) is 5.91 Å². The van der Waals surface area contributed by atoms with Crippen LogP contribution in [-0.2, 0) is 0 Å². The summed E-state index contributed by atoms with van der Waals surface area (Å²) >= 11 is 0. The molecule has 1 unspecified atom stereocenters. The zero-order valence-corrected chi connectivity index (χ0v) is 12.5. The maximum Gasteiger partial charge on any atom is 0.255 e. The second kappa shape index (κ2) is 6.52. The highest BCUT2D eigenvalue weighted by molar-refractivity contribution is 5.96. The summed E-state index contributed by atoms with van der Waals surface area (Å²) in [7, 11) is 1.57. The number of rotatable bonds is 4. The maximum atomic E-state index is 12.4. The first-order valence-electron chi connectivity index (χ1n) is 7.42. The summed E-state index contributed by atoms with van der Waals surface area (Å²) in [5, 5.41) is 3.01. The lowest BCUT2D eigenvalue weighted by atomic mass is 9.93. The van der Waals surface area contributed by atoms with Crippen molar-refractivity contribution in [3.05, 3.63) is 59.7 Å². The van der Waals surface area contributed by atoms with E-state index in [9.17, 15) is 4.79 Å². The highest BCUT2D eigenvalue weighted by Gasteiger charge is 2.22. The van der Waals surface area contributed by atoms with Gasteiger partial charge in [-0.2, -0.15) is 0 Å². The fraction of sp³-hybridized carbons (Fsp3) is 0.278. The van der Waals surface area contributed by atoms with Gasteiger partial charge in [-0.05, 0) is 30.2 Å². The molecule has 1 atom stereocenters. The summed E-state index contributed by atoms with van der Waals surface area (Å²) in [4.78, 5) is 12.4. The molecular formula is C18H19NO3. The van der Waals surface area contributed by atoms with Gasteiger partial charge in [0.2, 0.25) is 0 Å². The third kappa shape index (κ3) is 2.91. The molecule has 0 bridgehead atoms. The summed E-state index contributed by atoms with van der Waals surface area (Å²) in [6, 6.07) is 15.3. The summed E-state index contributed by atoms with van der Waals surface area (Å²) < 4.78 is 10.9. The lowest BCUT2D eigenvalue weighted by Crippen LogP contribution is -2.31. The number of carbonyl (C=O) groups is 1. The molecule has 4 nitrogen and oxygen atoms in total. The minimum Gasteiger partial charge on any atom is -0.496 e. The molecular weight excluding hydrogens is 278 g/mol. The minimum absolute atomic E-state index is 0.110. The van der Waals surface area contributed by atoms with E-state index in [4.69, 9.17) is 9.47 Å². The molecule has 0 aliphatic carbocycles. The molecule has 2 aromatic carbocycles. The molecule has 0 saturated carbocycles. The number of ether oxygens (including phenoxy) is 2. The Labute approximate surface area is 130 Å². The van der Waals surface area contributed by atoms with Crippen molar-refractivity contribution in [2.24, 2.45) is 0 Å². The standard InChI is InChI=1S/C18H19NO3/c1-21-16-8-4-3-7-15(16)18(20)19-12-13-10-11-22-17-9-5-2-6-14(13)17/h2-9,13H,10-12H2,1H3,(H,19,20). The van der Waals surface area contributed by atoms with E-state index in [1.807, 2.05) is 30.3 Å². The van der Waals surface area contributed by atoms with Crippen LogP contribution in [0.4, 0.5) is 0 Å². The first kappa shape index (κ1) is 14.4. The molecule has 0 radical (unpaired) electrons. The zero-order chi connectivity index (χ0) is 15.4. The lowest BCUT2D eigenvalue weighted by molar-refractivity contribution is 0.0945. The Kier molecular flexibility index (Phi) is 4.28. The number of para-hydroxylation sites is 2. The van der Waals surface area contributed by atoms with Crippen LogP contribution in [0, 0.1) is 0 Å². The molecule has 1 heterocycles. The molecule has 22 heavy (non-hydrogen) atoms. The highest BCUT2D eigenvalue weighted by Crippen LogP contribution is 2.32. The molecule has 1 N–H and O–H groups in total. The van der Waals surface area contributed by atoms with Crippen LogP contribution in [0.15, 0.2) is 48.5 Å². The number of hydrogen-bond acceptors (Lipinski definition) is 3. The fourth-order valence-corrected chi connectivity index (χ4v) is 2.77. The van der Waals surface area contributed by atoms with Gasteiger partial charge in [0, 0.05) is 12.5 Å². The number of carbonyl (C=O) groups excluding carboxylic acids is 1. The minimum atomic E-state index is -0.110. The second-order valence-corrected chi connectivity index (χ2v) is 5.28. The Hall–Kier alpha value is -2.49. The molecule has 1 amide bonds. The van der Waals surface area contributed by atoms with E-state index in [2.05, 4.69) is 11.4 Å². The van der Waals surface area contributed by atoms with Gasteiger partial charge >= 0.3 is 0 Å². The van der Waals surface area contributed by atoms with Gasteiger partial charge in [0.15, 0.2) is 0 Å². The van der Waals surface area contributed by atoms with E-state index in [1.54, 1.807) is 19.2 Å². The number of amides is 1. The van der Waals surface area contributed by atoms with Crippen molar-refractivity contribution in [3.63, 3.8) is 0 Å². The highest BCUT2D eigenvalue weighted by atomic mass is 16.5. The Morgan fingerprint density at radius 3 is 2.86 bits per heavy atom. The van der Waals surface area contributed by atoms with Crippen molar-refractivity contribution >= 4 is 5.91 Å². The predicted molar refractivity (Wildman–Crippen MR) is 84.6 cm³/mol. The van der Waals surface area contributed by atoms with Crippen LogP contribution < -0.4 is 14.8 Å². The molecule has 1 aliphatic rings. The Bertz CT molecular complexity index is 669. The van der Waals surface area contributed by atoms with Gasteiger partial charge in [-0.3, -0.25) is 4.79 Å². The molecule has 0 saturated heterocycles. The van der Waals surface area contributed by atoms with Gasteiger partial charge in [-0.1, -0.05) is 30.3 Å². The lowest BCUT2D eigenvalue weighted by Gasteiger charge is -2.26. The Morgan fingerprint density at radius 1 is 1.23 bits per heavy atom. The number of methoxy groups -OCH3 is 1. The average molecular weight is 297 g/mol. The maximum absolute atomic E-state index is 12.4. The van der Waals surface area contributed by atoms with Crippen molar-refractivity contribution < 1.29 is 14.3 Å². The van der Waals surface area contributed by atoms with Crippen LogP contribution in [0.3, 0.4) is 0 Å². The predicted octanol–water partition coefficient (Wildman–Crippen LogP) is 2.99. The van der Waals surface area contributed by atoms with Crippen molar-refractivity contribution in [2.45, 2.75) is 12.3 Å². The smallest absolute Gasteiger partial charge is 0.255 e. The molecule has 114 valence electrons. The van der Waals surface area contributed by atoms with Gasteiger partial charge < -0.3 is 14.8 Å². The monoisotopic (exact) mass is 297 g/mol. The van der Waals surface area contributed by atoms with Crippen LogP contribution in [-0.4, -0.2) is 26.2 Å². The van der Waals surface area contributed by atoms with Crippen LogP contribution in [0.1, 0.15) is 28.3 Å². The van der Waals surface area contributed by atoms with Crippen LogP contribution in [0.2, 0.25) is 0 Å². The van der Waals surface area contributed by atoms with Crippen LogP contribution in [0.25, 0.3) is 0 Å². The van der Waals surface area contributed by atoms with Crippen LogP contribution >= 0.6 is 0 Å². The van der Waals surface area contributed by atoms with E-state index >= 15 is 0 Å². The molecule has 2 aromatic rings. The molecule has 0 spiro atoms. The fourth-order valence-electron chi connectivity index (χ4n) is 2.77. The summed E-state index contributed by atoms with van der Waals surface area (Å²) in [6.07, 6.45) is 0.906. The number of nitrogens with one attached hydrogen (secondary N) is 1. The first-order chi connectivity index (χ1) is 10.8. The first-order valence-corrected chi connectivity index (χ1v) is 7.42. The van der Waals surface area contributed by atoms with Crippen molar-refractivity contribution in [1.29, 1.82) is 0 Å². The summed E-state index contributed by atoms with van der Waals surface area (Å²) in [6.45, 7) is 1.28. The third-order valence-corrected chi connectivity index (χ3v) is 3.94. The molecule has 0 aromatic heterocycles. The topological polar surface area (TPSA) is 47.6 Å². The largest absolute Gasteiger partial charge is 0.496 e. The van der Waals surface area contributed by atoms with Gasteiger partial charge in [-0.15, -0.1) is 0 Å². The summed E-state index contributed by atoms with van der Waals surface area (Å²) in [5.41, 5.74) is 1.72. The van der Waals surface area contributed by atoms with Gasteiger partial charge in [0.1, 0.15) is 11.5 Å². The van der Waals surface area contributed by atoms with Gasteiger partial charge in [0.05, 0.1) is 19.3 Å². The van der Waals surface area contributed by atoms with Crippen molar-refractivity contribution in [2.75, 3.05) is 20.3 Å². The van der Waals surface area contributed by atoms with Crippen molar-refractivity contribution in [3.8, 4) is 11.5 Å². The average Bonchev–Trinajstić information content (AvgIpc) is 2.59. The zero-order valence-electron chi connectivity index (χ0n) is 12.5. The van der Waals surface area contributed by atoms with Crippen molar-refractivity contribution in [1.82, 2.24) is 5.32 Å². The van der Waals surface area contributed by atoms with E-state index in [0.717, 1.165) is 17.7 Å². The van der Waals surface area contributed by atoms with E-state index < -0.39 is 0 Å². The Morgan fingerprint density at radius 2 is 2.00 bits per heavy atom. The molecule has 0 fully saturated rings. The van der Waals surface area contributed by atoms with E-state index in [-0.39, 0.29) is 11.8 Å². The normalized spacial score (nSPS) is 16.3. The van der Waals surface area contributed by atoms with Crippen LogP contribution in [0.5, 0.6) is 11.5 Å². The van der Waals surface area contributed by atoms with Gasteiger partial charge in [-0.25, -0.2) is 0 Å². The third-order valence-electron chi connectivity index (χ3n) is 3.94. The molecule has 3 rings (SSSR count). The number of hydrogen-bond donors (Lipinski definition) is 1. The molecule has 1 aliphatic heterocycles. The number of benzene rings is 2. The second-order valence-electron chi connectivity index (χ2n) is 5.28. The number of fused-ring (bicyclic) bond motifs is 1. The molecule has 4 heteroatoms. The van der Waals surface area contributed by atoms with E-state index in [0.29, 0.717) is 24.5 Å². The summed E-state index contributed by atoms with van der Waals surface area (Å²) in [5.74, 6) is 1.68. The van der Waals surface area contributed by atoms with E-state index in [1.165, 1.54) is 0 Å². The quantitative estimate of drug-likeness (QED) is 0.943. The Balaban J connectivity index is 1.70.